The zero-order valence-electron chi connectivity index (χ0n) is 17.7. The van der Waals surface area contributed by atoms with Crippen LogP contribution in [0.25, 0.3) is 0 Å². The SMILES string of the molecule is CN=C(NCCCCCCCN(C)C)N1CCC(c2ccc(OC)cc2)C1. The molecule has 1 saturated heterocycles. The molecule has 1 unspecified atom stereocenters. The van der Waals surface area contributed by atoms with E-state index >= 15 is 0 Å². The number of guanidine groups is 1. The average Bonchev–Trinajstić information content (AvgIpc) is 3.16. The second-order valence-electron chi connectivity index (χ2n) is 7.75. The quantitative estimate of drug-likeness (QED) is 0.386. The molecule has 5 heteroatoms. The Bertz CT molecular complexity index is 556. The highest BCUT2D eigenvalue weighted by Crippen LogP contribution is 2.28. The van der Waals surface area contributed by atoms with Crippen molar-refractivity contribution < 1.29 is 4.74 Å². The van der Waals surface area contributed by atoms with E-state index in [-0.39, 0.29) is 0 Å². The van der Waals surface area contributed by atoms with Crippen molar-refractivity contribution in [2.75, 3.05) is 54.4 Å². The van der Waals surface area contributed by atoms with Crippen LogP contribution in [0.2, 0.25) is 0 Å². The van der Waals surface area contributed by atoms with E-state index in [0.29, 0.717) is 5.92 Å². The summed E-state index contributed by atoms with van der Waals surface area (Å²) in [6.45, 7) is 4.33. The predicted octanol–water partition coefficient (Wildman–Crippen LogP) is 3.57. The van der Waals surface area contributed by atoms with Crippen LogP contribution >= 0.6 is 0 Å². The van der Waals surface area contributed by atoms with Crippen molar-refractivity contribution in [2.45, 2.75) is 44.4 Å². The number of ether oxygens (including phenoxy) is 1. The number of nitrogens with one attached hydrogen (secondary N) is 1. The normalized spacial score (nSPS) is 17.6. The molecule has 1 heterocycles. The molecule has 1 fully saturated rings. The number of aliphatic imine (C=N–C) groups is 1. The molecule has 0 bridgehead atoms. The first-order valence-electron chi connectivity index (χ1n) is 10.4. The lowest BCUT2D eigenvalue weighted by Crippen LogP contribution is -2.40. The fraction of sp³-hybridized carbons (Fsp3) is 0.682. The van der Waals surface area contributed by atoms with Crippen LogP contribution in [0.5, 0.6) is 5.75 Å². The van der Waals surface area contributed by atoms with Crippen LogP contribution < -0.4 is 10.1 Å². The maximum Gasteiger partial charge on any atom is 0.193 e. The third-order valence-electron chi connectivity index (χ3n) is 5.35. The second kappa shape index (κ2) is 11.9. The van der Waals surface area contributed by atoms with E-state index in [4.69, 9.17) is 4.74 Å². The molecular formula is C22H38N4O. The molecule has 152 valence electrons. The Balaban J connectivity index is 1.65. The molecule has 5 nitrogen and oxygen atoms in total. The number of rotatable bonds is 10. The van der Waals surface area contributed by atoms with Crippen molar-refractivity contribution in [2.24, 2.45) is 4.99 Å². The van der Waals surface area contributed by atoms with Gasteiger partial charge in [-0.05, 0) is 57.6 Å². The number of hydrogen-bond acceptors (Lipinski definition) is 3. The van der Waals surface area contributed by atoms with Gasteiger partial charge in [-0.15, -0.1) is 0 Å². The molecule has 1 aromatic carbocycles. The zero-order chi connectivity index (χ0) is 19.5. The van der Waals surface area contributed by atoms with E-state index < -0.39 is 0 Å². The zero-order valence-corrected chi connectivity index (χ0v) is 17.7. The standard InChI is InChI=1S/C22H38N4O/c1-23-22(24-15-8-6-5-7-9-16-25(2)3)26-17-14-20(18-26)19-10-12-21(27-4)13-11-19/h10-13,20H,5-9,14-18H2,1-4H3,(H,23,24). The minimum absolute atomic E-state index is 0.575. The highest BCUT2D eigenvalue weighted by Gasteiger charge is 2.25. The third kappa shape index (κ3) is 7.41. The van der Waals surface area contributed by atoms with Gasteiger partial charge in [-0.25, -0.2) is 0 Å². The van der Waals surface area contributed by atoms with Crippen LogP contribution in [-0.2, 0) is 0 Å². The smallest absolute Gasteiger partial charge is 0.193 e. The maximum absolute atomic E-state index is 5.26. The molecule has 0 radical (unpaired) electrons. The second-order valence-corrected chi connectivity index (χ2v) is 7.75. The molecule has 1 N–H and O–H groups in total. The molecule has 1 atom stereocenters. The van der Waals surface area contributed by atoms with Gasteiger partial charge in [0.05, 0.1) is 7.11 Å². The van der Waals surface area contributed by atoms with E-state index in [9.17, 15) is 0 Å². The fourth-order valence-corrected chi connectivity index (χ4v) is 3.72. The van der Waals surface area contributed by atoms with Gasteiger partial charge in [0.25, 0.3) is 0 Å². The summed E-state index contributed by atoms with van der Waals surface area (Å²) in [7, 11) is 7.90. The first-order chi connectivity index (χ1) is 13.1. The van der Waals surface area contributed by atoms with Crippen molar-refractivity contribution in [3.63, 3.8) is 0 Å². The Morgan fingerprint density at radius 3 is 2.52 bits per heavy atom. The minimum atomic E-state index is 0.575. The Hall–Kier alpha value is -1.75. The van der Waals surface area contributed by atoms with E-state index in [1.807, 2.05) is 7.05 Å². The van der Waals surface area contributed by atoms with Gasteiger partial charge in [-0.1, -0.05) is 31.4 Å². The molecule has 1 aromatic rings. The molecule has 2 rings (SSSR count). The van der Waals surface area contributed by atoms with E-state index in [1.54, 1.807) is 7.11 Å². The van der Waals surface area contributed by atoms with Gasteiger partial charge in [0, 0.05) is 32.6 Å². The predicted molar refractivity (Wildman–Crippen MR) is 115 cm³/mol. The van der Waals surface area contributed by atoms with Crippen molar-refractivity contribution in [1.82, 2.24) is 15.1 Å². The van der Waals surface area contributed by atoms with Crippen LogP contribution in [0.1, 0.15) is 50.0 Å². The topological polar surface area (TPSA) is 40.1 Å². The van der Waals surface area contributed by atoms with Crippen LogP contribution in [0.15, 0.2) is 29.3 Å². The Morgan fingerprint density at radius 1 is 1.15 bits per heavy atom. The summed E-state index contributed by atoms with van der Waals surface area (Å²) >= 11 is 0. The van der Waals surface area contributed by atoms with E-state index in [2.05, 4.69) is 58.5 Å². The van der Waals surface area contributed by atoms with E-state index in [1.165, 1.54) is 50.6 Å². The van der Waals surface area contributed by atoms with Gasteiger partial charge in [0.15, 0.2) is 5.96 Å². The third-order valence-corrected chi connectivity index (χ3v) is 5.35. The summed E-state index contributed by atoms with van der Waals surface area (Å²) in [6, 6.07) is 8.51. The molecule has 0 amide bonds. The molecular weight excluding hydrogens is 336 g/mol. The lowest BCUT2D eigenvalue weighted by molar-refractivity contribution is 0.389. The van der Waals surface area contributed by atoms with Crippen molar-refractivity contribution in [1.29, 1.82) is 0 Å². The van der Waals surface area contributed by atoms with Gasteiger partial charge < -0.3 is 19.9 Å². The summed E-state index contributed by atoms with van der Waals surface area (Å²) in [5, 5.41) is 3.56. The largest absolute Gasteiger partial charge is 0.497 e. The first-order valence-corrected chi connectivity index (χ1v) is 10.4. The minimum Gasteiger partial charge on any atom is -0.497 e. The Kier molecular flexibility index (Phi) is 9.46. The summed E-state index contributed by atoms with van der Waals surface area (Å²) in [4.78, 5) is 9.16. The number of methoxy groups -OCH3 is 1. The molecule has 0 aliphatic carbocycles. The molecule has 0 aromatic heterocycles. The number of hydrogen-bond donors (Lipinski definition) is 1. The van der Waals surface area contributed by atoms with Crippen LogP contribution in [0.3, 0.4) is 0 Å². The number of unbranched alkanes of at least 4 members (excludes halogenated alkanes) is 4. The highest BCUT2D eigenvalue weighted by atomic mass is 16.5. The lowest BCUT2D eigenvalue weighted by Gasteiger charge is -2.22. The van der Waals surface area contributed by atoms with E-state index in [0.717, 1.165) is 31.3 Å². The number of benzene rings is 1. The highest BCUT2D eigenvalue weighted by molar-refractivity contribution is 5.80. The lowest BCUT2D eigenvalue weighted by atomic mass is 9.98. The summed E-state index contributed by atoms with van der Waals surface area (Å²) in [5.74, 6) is 2.55. The molecule has 0 saturated carbocycles. The molecule has 1 aliphatic heterocycles. The van der Waals surface area contributed by atoms with Gasteiger partial charge in [0.2, 0.25) is 0 Å². The van der Waals surface area contributed by atoms with Gasteiger partial charge in [-0.2, -0.15) is 0 Å². The maximum atomic E-state index is 5.26. The van der Waals surface area contributed by atoms with Crippen molar-refractivity contribution in [3.8, 4) is 5.75 Å². The van der Waals surface area contributed by atoms with Gasteiger partial charge in [0.1, 0.15) is 5.75 Å². The average molecular weight is 375 g/mol. The molecule has 1 aliphatic rings. The van der Waals surface area contributed by atoms with Crippen molar-refractivity contribution >= 4 is 5.96 Å². The molecule has 0 spiro atoms. The fourth-order valence-electron chi connectivity index (χ4n) is 3.72. The summed E-state index contributed by atoms with van der Waals surface area (Å²) < 4.78 is 5.26. The van der Waals surface area contributed by atoms with Crippen LogP contribution in [0, 0.1) is 0 Å². The summed E-state index contributed by atoms with van der Waals surface area (Å²) in [6.07, 6.45) is 7.67. The van der Waals surface area contributed by atoms with Crippen LogP contribution in [-0.4, -0.2) is 70.2 Å². The van der Waals surface area contributed by atoms with Gasteiger partial charge >= 0.3 is 0 Å². The van der Waals surface area contributed by atoms with Gasteiger partial charge in [-0.3, -0.25) is 4.99 Å². The first kappa shape index (κ1) is 21.5. The van der Waals surface area contributed by atoms with Crippen LogP contribution in [0.4, 0.5) is 0 Å². The van der Waals surface area contributed by atoms with Crippen molar-refractivity contribution in [3.05, 3.63) is 29.8 Å². The number of likely N-dealkylation sites (tertiary alicyclic amines) is 1. The molecule has 27 heavy (non-hydrogen) atoms. The Morgan fingerprint density at radius 2 is 1.85 bits per heavy atom. The Labute approximate surface area is 165 Å². The number of nitrogens with zero attached hydrogens (tertiary/aromatic N) is 3. The summed E-state index contributed by atoms with van der Waals surface area (Å²) in [5.41, 5.74) is 1.39. The monoisotopic (exact) mass is 374 g/mol.